The molecule has 1 fully saturated rings. The number of aliphatic imine (C=N–C) groups is 1. The van der Waals surface area contributed by atoms with Crippen LogP contribution >= 0.6 is 24.0 Å². The van der Waals surface area contributed by atoms with Crippen LogP contribution in [0.3, 0.4) is 0 Å². The number of benzene rings is 1. The van der Waals surface area contributed by atoms with E-state index >= 15 is 0 Å². The minimum absolute atomic E-state index is 0. The van der Waals surface area contributed by atoms with Crippen molar-refractivity contribution in [2.45, 2.75) is 19.4 Å². The second-order valence-corrected chi connectivity index (χ2v) is 7.41. The lowest BCUT2D eigenvalue weighted by Gasteiger charge is -2.21. The van der Waals surface area contributed by atoms with E-state index in [9.17, 15) is 0 Å². The van der Waals surface area contributed by atoms with Crippen LogP contribution in [0.4, 0.5) is 0 Å². The maximum absolute atomic E-state index is 5.92. The number of hydrogen-bond acceptors (Lipinski definition) is 5. The summed E-state index contributed by atoms with van der Waals surface area (Å²) in [6, 6.07) is 14.0. The Kier molecular flexibility index (Phi) is 8.89. The van der Waals surface area contributed by atoms with Crippen LogP contribution in [0.5, 0.6) is 0 Å². The minimum atomic E-state index is 0. The number of hydrogen-bond donors (Lipinski definition) is 2. The van der Waals surface area contributed by atoms with Crippen molar-refractivity contribution < 1.29 is 9.15 Å². The van der Waals surface area contributed by atoms with Gasteiger partial charge in [0.1, 0.15) is 5.82 Å². The van der Waals surface area contributed by atoms with Gasteiger partial charge in [-0.2, -0.15) is 5.10 Å². The fraction of sp³-hybridized carbons (Fsp3) is 0.409. The third-order valence-electron chi connectivity index (χ3n) is 5.18. The van der Waals surface area contributed by atoms with Crippen molar-refractivity contribution in [3.8, 4) is 11.6 Å². The molecule has 3 aromatic rings. The van der Waals surface area contributed by atoms with E-state index in [0.717, 1.165) is 50.9 Å². The van der Waals surface area contributed by atoms with Gasteiger partial charge in [-0.05, 0) is 24.1 Å². The molecule has 9 heteroatoms. The number of aromatic amines is 1. The zero-order valence-corrected chi connectivity index (χ0v) is 20.0. The number of H-pyrrole nitrogens is 1. The molecule has 1 unspecified atom stereocenters. The molecule has 0 radical (unpaired) electrons. The lowest BCUT2D eigenvalue weighted by molar-refractivity contribution is 0.0907. The fourth-order valence-electron chi connectivity index (χ4n) is 3.63. The van der Waals surface area contributed by atoms with Crippen molar-refractivity contribution in [1.82, 2.24) is 25.4 Å². The Bertz CT molecular complexity index is 929. The molecule has 0 bridgehead atoms. The number of nitrogens with one attached hydrogen (secondary N) is 2. The summed E-state index contributed by atoms with van der Waals surface area (Å²) in [4.78, 5) is 11.2. The smallest absolute Gasteiger partial charge is 0.216 e. The topological polar surface area (TPSA) is 91.6 Å². The van der Waals surface area contributed by atoms with Crippen LogP contribution in [-0.2, 0) is 17.8 Å². The number of aromatic nitrogens is 3. The molecule has 4 rings (SSSR count). The highest BCUT2D eigenvalue weighted by Crippen LogP contribution is 2.17. The van der Waals surface area contributed by atoms with Crippen LogP contribution in [0.2, 0.25) is 0 Å². The highest BCUT2D eigenvalue weighted by atomic mass is 127. The minimum Gasteiger partial charge on any atom is -0.461 e. The second kappa shape index (κ2) is 11.8. The van der Waals surface area contributed by atoms with Crippen LogP contribution in [0.1, 0.15) is 17.8 Å². The van der Waals surface area contributed by atoms with E-state index in [1.165, 1.54) is 5.56 Å². The average molecular weight is 536 g/mol. The molecule has 3 heterocycles. The number of halogens is 1. The maximum Gasteiger partial charge on any atom is 0.216 e. The molecule has 1 aliphatic heterocycles. The summed E-state index contributed by atoms with van der Waals surface area (Å²) in [5.41, 5.74) is 1.22. The molecule has 1 atom stereocenters. The molecule has 1 aromatic carbocycles. The first-order valence-corrected chi connectivity index (χ1v) is 10.3. The van der Waals surface area contributed by atoms with Crippen molar-refractivity contribution in [3.63, 3.8) is 0 Å². The van der Waals surface area contributed by atoms with Crippen LogP contribution in [0.15, 0.2) is 58.1 Å². The fourth-order valence-corrected chi connectivity index (χ4v) is 3.63. The zero-order chi connectivity index (χ0) is 20.6. The molecule has 166 valence electrons. The number of guanidine groups is 1. The summed E-state index contributed by atoms with van der Waals surface area (Å²) in [6.45, 7) is 4.12. The summed E-state index contributed by atoms with van der Waals surface area (Å²) >= 11 is 0. The molecule has 0 saturated carbocycles. The van der Waals surface area contributed by atoms with E-state index in [4.69, 9.17) is 9.15 Å². The maximum atomic E-state index is 5.92. The van der Waals surface area contributed by atoms with Crippen molar-refractivity contribution in [2.24, 2.45) is 10.9 Å². The normalized spacial score (nSPS) is 16.4. The lowest BCUT2D eigenvalue weighted by atomic mass is 10.1. The largest absolute Gasteiger partial charge is 0.461 e. The summed E-state index contributed by atoms with van der Waals surface area (Å²) < 4.78 is 11.3. The van der Waals surface area contributed by atoms with Crippen LogP contribution in [0.25, 0.3) is 11.6 Å². The van der Waals surface area contributed by atoms with Gasteiger partial charge < -0.3 is 19.4 Å². The van der Waals surface area contributed by atoms with Crippen molar-refractivity contribution >= 4 is 29.9 Å². The van der Waals surface area contributed by atoms with Gasteiger partial charge in [0.15, 0.2) is 11.7 Å². The van der Waals surface area contributed by atoms with Crippen molar-refractivity contribution in [2.75, 3.05) is 33.3 Å². The van der Waals surface area contributed by atoms with Gasteiger partial charge in [0.05, 0.1) is 19.5 Å². The van der Waals surface area contributed by atoms with Crippen molar-refractivity contribution in [1.29, 1.82) is 0 Å². The van der Waals surface area contributed by atoms with Crippen LogP contribution in [-0.4, -0.2) is 59.3 Å². The first kappa shape index (κ1) is 23.3. The Morgan fingerprint density at radius 1 is 1.29 bits per heavy atom. The van der Waals surface area contributed by atoms with E-state index < -0.39 is 0 Å². The zero-order valence-electron chi connectivity index (χ0n) is 17.7. The number of rotatable bonds is 8. The van der Waals surface area contributed by atoms with Gasteiger partial charge in [-0.15, -0.1) is 24.0 Å². The highest BCUT2D eigenvalue weighted by molar-refractivity contribution is 14.0. The van der Waals surface area contributed by atoms with Crippen LogP contribution < -0.4 is 5.32 Å². The summed E-state index contributed by atoms with van der Waals surface area (Å²) in [5.74, 6) is 3.51. The van der Waals surface area contributed by atoms with Crippen LogP contribution in [0, 0.1) is 5.92 Å². The standard InChI is InChI=1S/C22H28N6O2.HI/c1-23-22(24-11-9-20-25-21(27-26-20)19-8-5-13-30-19)28-12-10-18(14-28)16-29-15-17-6-3-2-4-7-17;/h2-8,13,18H,9-12,14-16H2,1H3,(H,23,24)(H,25,26,27);1H. The summed E-state index contributed by atoms with van der Waals surface area (Å²) in [6.07, 6.45) is 3.46. The highest BCUT2D eigenvalue weighted by Gasteiger charge is 2.25. The van der Waals surface area contributed by atoms with E-state index in [1.54, 1.807) is 6.26 Å². The quantitative estimate of drug-likeness (QED) is 0.261. The average Bonchev–Trinajstić information content (AvgIpc) is 3.54. The predicted octanol–water partition coefficient (Wildman–Crippen LogP) is 3.34. The number of likely N-dealkylation sites (tertiary alicyclic amines) is 1. The number of ether oxygens (including phenoxy) is 1. The Balaban J connectivity index is 0.00000272. The number of furan rings is 1. The van der Waals surface area contributed by atoms with Gasteiger partial charge >= 0.3 is 0 Å². The molecule has 0 aliphatic carbocycles. The molecular formula is C22H29IN6O2. The molecular weight excluding hydrogens is 507 g/mol. The molecule has 0 amide bonds. The Morgan fingerprint density at radius 3 is 2.94 bits per heavy atom. The molecule has 8 nitrogen and oxygen atoms in total. The Labute approximate surface area is 199 Å². The van der Waals surface area contributed by atoms with E-state index in [1.807, 2.05) is 37.4 Å². The molecule has 2 N–H and O–H groups in total. The van der Waals surface area contributed by atoms with E-state index in [0.29, 0.717) is 24.1 Å². The summed E-state index contributed by atoms with van der Waals surface area (Å²) in [7, 11) is 1.82. The van der Waals surface area contributed by atoms with Gasteiger partial charge in [-0.25, -0.2) is 4.98 Å². The Hall–Kier alpha value is -2.40. The van der Waals surface area contributed by atoms with Gasteiger partial charge in [0.2, 0.25) is 5.82 Å². The first-order chi connectivity index (χ1) is 14.8. The molecule has 2 aromatic heterocycles. The first-order valence-electron chi connectivity index (χ1n) is 10.3. The molecule has 1 aliphatic rings. The third-order valence-corrected chi connectivity index (χ3v) is 5.18. The van der Waals surface area contributed by atoms with Crippen molar-refractivity contribution in [3.05, 3.63) is 60.1 Å². The molecule has 31 heavy (non-hydrogen) atoms. The summed E-state index contributed by atoms with van der Waals surface area (Å²) in [5, 5.41) is 10.6. The third kappa shape index (κ3) is 6.54. The monoisotopic (exact) mass is 536 g/mol. The van der Waals surface area contributed by atoms with Gasteiger partial charge in [-0.3, -0.25) is 10.1 Å². The van der Waals surface area contributed by atoms with E-state index in [-0.39, 0.29) is 24.0 Å². The Morgan fingerprint density at radius 2 is 2.16 bits per heavy atom. The van der Waals surface area contributed by atoms with Gasteiger partial charge in [-0.1, -0.05) is 30.3 Å². The lowest BCUT2D eigenvalue weighted by Crippen LogP contribution is -2.41. The predicted molar refractivity (Wildman–Crippen MR) is 130 cm³/mol. The second-order valence-electron chi connectivity index (χ2n) is 7.41. The molecule has 1 saturated heterocycles. The van der Waals surface area contributed by atoms with Gasteiger partial charge in [0.25, 0.3) is 0 Å². The number of nitrogens with zero attached hydrogens (tertiary/aromatic N) is 4. The molecule has 0 spiro atoms. The van der Waals surface area contributed by atoms with E-state index in [2.05, 4.69) is 42.5 Å². The van der Waals surface area contributed by atoms with Gasteiger partial charge in [0, 0.05) is 39.0 Å². The SMILES string of the molecule is CN=C(NCCc1nc(-c2ccco2)n[nH]1)N1CCC(COCc2ccccc2)C1.I.